The van der Waals surface area contributed by atoms with Gasteiger partial charge in [-0.25, -0.2) is 4.79 Å². The molecule has 4 rings (SSSR count). The molecule has 2 aromatic rings. The Balaban J connectivity index is 1.58. The van der Waals surface area contributed by atoms with Gasteiger partial charge in [-0.3, -0.25) is 19.5 Å². The summed E-state index contributed by atoms with van der Waals surface area (Å²) in [5.41, 5.74) is -0.876. The van der Waals surface area contributed by atoms with Crippen molar-refractivity contribution in [3.8, 4) is 0 Å². The van der Waals surface area contributed by atoms with E-state index in [1.165, 1.54) is 4.90 Å². The Morgan fingerprint density at radius 2 is 1.97 bits per heavy atom. The molecule has 0 radical (unpaired) electrons. The molecule has 4 heterocycles. The third kappa shape index (κ3) is 4.03. The Kier molecular flexibility index (Phi) is 6.07. The molecule has 2 aliphatic rings. The van der Waals surface area contributed by atoms with Gasteiger partial charge in [0.1, 0.15) is 0 Å². The number of piperidine rings is 1. The number of carbonyl (C=O) groups excluding carboxylic acids is 3. The maximum atomic E-state index is 13.8. The van der Waals surface area contributed by atoms with Crippen LogP contribution in [0.3, 0.4) is 0 Å². The van der Waals surface area contributed by atoms with E-state index in [1.807, 2.05) is 49.3 Å². The van der Waals surface area contributed by atoms with E-state index in [4.69, 9.17) is 0 Å². The highest BCUT2D eigenvalue weighted by molar-refractivity contribution is 7.09. The first-order chi connectivity index (χ1) is 15.2. The zero-order valence-electron chi connectivity index (χ0n) is 18.8. The van der Waals surface area contributed by atoms with Crippen LogP contribution in [0, 0.1) is 11.3 Å². The first-order valence-corrected chi connectivity index (χ1v) is 12.0. The molecule has 2 aromatic heterocycles. The fraction of sp³-hybridized carbons (Fsp3) is 0.500. The molecule has 2 aliphatic heterocycles. The predicted octanol–water partition coefficient (Wildman–Crippen LogP) is 3.42. The summed E-state index contributed by atoms with van der Waals surface area (Å²) in [6, 6.07) is 7.28. The van der Waals surface area contributed by atoms with Gasteiger partial charge in [0.05, 0.1) is 0 Å². The maximum Gasteiger partial charge on any atom is 0.325 e. The number of nitrogens with one attached hydrogen (secondary N) is 1. The van der Waals surface area contributed by atoms with Crippen LogP contribution < -0.4 is 5.32 Å². The highest BCUT2D eigenvalue weighted by Crippen LogP contribution is 2.41. The van der Waals surface area contributed by atoms with Crippen molar-refractivity contribution in [2.24, 2.45) is 11.3 Å². The van der Waals surface area contributed by atoms with Crippen LogP contribution in [0.1, 0.15) is 44.1 Å². The zero-order chi connectivity index (χ0) is 22.9. The van der Waals surface area contributed by atoms with Crippen molar-refractivity contribution in [2.45, 2.75) is 45.6 Å². The van der Waals surface area contributed by atoms with E-state index < -0.39 is 11.0 Å². The minimum absolute atomic E-state index is 0.112. The molecule has 0 bridgehead atoms. The van der Waals surface area contributed by atoms with Crippen molar-refractivity contribution in [1.82, 2.24) is 20.1 Å². The highest BCUT2D eigenvalue weighted by atomic mass is 32.1. The van der Waals surface area contributed by atoms with Gasteiger partial charge in [0, 0.05) is 47.9 Å². The number of nitrogens with zero attached hydrogens (tertiary/aromatic N) is 3. The summed E-state index contributed by atoms with van der Waals surface area (Å²) in [7, 11) is 0. The van der Waals surface area contributed by atoms with Crippen LogP contribution in [-0.2, 0) is 21.5 Å². The van der Waals surface area contributed by atoms with Crippen LogP contribution in [-0.4, -0.2) is 52.3 Å². The van der Waals surface area contributed by atoms with Crippen molar-refractivity contribution in [3.05, 3.63) is 52.5 Å². The number of pyridine rings is 1. The van der Waals surface area contributed by atoms with Crippen LogP contribution in [0.25, 0.3) is 0 Å². The van der Waals surface area contributed by atoms with E-state index in [9.17, 15) is 14.4 Å². The number of amides is 4. The van der Waals surface area contributed by atoms with E-state index in [0.717, 1.165) is 4.88 Å². The van der Waals surface area contributed by atoms with E-state index in [2.05, 4.69) is 10.3 Å². The van der Waals surface area contributed by atoms with E-state index in [1.54, 1.807) is 29.8 Å². The van der Waals surface area contributed by atoms with Crippen LogP contribution in [0.2, 0.25) is 0 Å². The number of hydrogen-bond donors (Lipinski definition) is 1. The standard InChI is InChI=1S/C24H30N4O3S/c1-23(2,3)20(29)27-12-8-17(9-13-27)24(18-6-4-11-25-16-18)21(30)28(22(31)26-24)14-10-19-7-5-15-32-19/h4-7,11,15-17H,8-10,12-14H2,1-3H3,(H,26,31)/t24-/m1/s1. The number of carbonyl (C=O) groups is 3. The molecule has 170 valence electrons. The highest BCUT2D eigenvalue weighted by Gasteiger charge is 2.57. The molecule has 1 N–H and O–H groups in total. The van der Waals surface area contributed by atoms with Gasteiger partial charge < -0.3 is 10.2 Å². The minimum Gasteiger partial charge on any atom is -0.342 e. The Bertz CT molecular complexity index is 978. The fourth-order valence-electron chi connectivity index (χ4n) is 4.77. The molecule has 0 aliphatic carbocycles. The number of thiophene rings is 1. The monoisotopic (exact) mass is 454 g/mol. The number of aromatic nitrogens is 1. The van der Waals surface area contributed by atoms with Crippen molar-refractivity contribution >= 4 is 29.2 Å². The molecule has 8 heteroatoms. The third-order valence-electron chi connectivity index (χ3n) is 6.45. The van der Waals surface area contributed by atoms with E-state index in [0.29, 0.717) is 44.5 Å². The molecule has 2 saturated heterocycles. The van der Waals surface area contributed by atoms with Crippen LogP contribution in [0.15, 0.2) is 42.0 Å². The van der Waals surface area contributed by atoms with Gasteiger partial charge in [-0.1, -0.05) is 32.9 Å². The molecular weight excluding hydrogens is 424 g/mol. The topological polar surface area (TPSA) is 82.6 Å². The SMILES string of the molecule is CC(C)(C)C(=O)N1CCC([C@]2(c3cccnc3)NC(=O)N(CCc3cccs3)C2=O)CC1. The second-order valence-electron chi connectivity index (χ2n) is 9.58. The van der Waals surface area contributed by atoms with Gasteiger partial charge in [0.2, 0.25) is 5.91 Å². The lowest BCUT2D eigenvalue weighted by Gasteiger charge is -2.42. The number of imide groups is 1. The predicted molar refractivity (Wildman–Crippen MR) is 123 cm³/mol. The zero-order valence-corrected chi connectivity index (χ0v) is 19.7. The van der Waals surface area contributed by atoms with Crippen LogP contribution in [0.5, 0.6) is 0 Å². The number of likely N-dealkylation sites (tertiary alicyclic amines) is 1. The molecule has 0 aromatic carbocycles. The molecule has 1 atom stereocenters. The summed E-state index contributed by atoms with van der Waals surface area (Å²) >= 11 is 1.62. The number of hydrogen-bond acceptors (Lipinski definition) is 5. The molecule has 32 heavy (non-hydrogen) atoms. The number of rotatable bonds is 5. The van der Waals surface area contributed by atoms with E-state index >= 15 is 0 Å². The van der Waals surface area contributed by atoms with Gasteiger partial charge in [-0.2, -0.15) is 0 Å². The Morgan fingerprint density at radius 3 is 2.56 bits per heavy atom. The normalized spacial score (nSPS) is 22.3. The van der Waals surface area contributed by atoms with Crippen molar-refractivity contribution in [1.29, 1.82) is 0 Å². The maximum absolute atomic E-state index is 13.8. The van der Waals surface area contributed by atoms with Crippen molar-refractivity contribution < 1.29 is 14.4 Å². The average Bonchev–Trinajstić information content (AvgIpc) is 3.39. The summed E-state index contributed by atoms with van der Waals surface area (Å²) in [6.07, 6.45) is 5.26. The van der Waals surface area contributed by atoms with E-state index in [-0.39, 0.29) is 23.8 Å². The average molecular weight is 455 g/mol. The summed E-state index contributed by atoms with van der Waals surface area (Å²) in [4.78, 5) is 48.1. The van der Waals surface area contributed by atoms with Gasteiger partial charge >= 0.3 is 6.03 Å². The lowest BCUT2D eigenvalue weighted by Crippen LogP contribution is -2.55. The quantitative estimate of drug-likeness (QED) is 0.702. The van der Waals surface area contributed by atoms with Gasteiger partial charge in [0.15, 0.2) is 5.54 Å². The van der Waals surface area contributed by atoms with Crippen molar-refractivity contribution in [3.63, 3.8) is 0 Å². The summed E-state index contributed by atoms with van der Waals surface area (Å²) in [6.45, 7) is 7.25. The molecular formula is C24H30N4O3S. The molecule has 7 nitrogen and oxygen atoms in total. The molecule has 4 amide bonds. The van der Waals surface area contributed by atoms with Crippen LogP contribution >= 0.6 is 11.3 Å². The first-order valence-electron chi connectivity index (χ1n) is 11.1. The largest absolute Gasteiger partial charge is 0.342 e. The molecule has 0 spiro atoms. The van der Waals surface area contributed by atoms with Crippen LogP contribution in [0.4, 0.5) is 4.79 Å². The van der Waals surface area contributed by atoms with Gasteiger partial charge in [-0.05, 0) is 42.7 Å². The van der Waals surface area contributed by atoms with Gasteiger partial charge in [-0.15, -0.1) is 11.3 Å². The van der Waals surface area contributed by atoms with Crippen molar-refractivity contribution in [2.75, 3.05) is 19.6 Å². The summed E-state index contributed by atoms with van der Waals surface area (Å²) in [5, 5.41) is 5.05. The second kappa shape index (κ2) is 8.65. The lowest BCUT2D eigenvalue weighted by atomic mass is 9.73. The number of urea groups is 1. The Hall–Kier alpha value is -2.74. The Labute approximate surface area is 192 Å². The second-order valence-corrected chi connectivity index (χ2v) is 10.6. The molecule has 2 fully saturated rings. The third-order valence-corrected chi connectivity index (χ3v) is 7.38. The molecule has 0 saturated carbocycles. The molecule has 0 unspecified atom stereocenters. The fourth-order valence-corrected chi connectivity index (χ4v) is 5.47. The first kappa shape index (κ1) is 22.5. The minimum atomic E-state index is -1.14. The lowest BCUT2D eigenvalue weighted by molar-refractivity contribution is -0.142. The smallest absolute Gasteiger partial charge is 0.325 e. The summed E-state index contributed by atoms with van der Waals surface area (Å²) < 4.78 is 0. The Morgan fingerprint density at radius 1 is 1.22 bits per heavy atom. The summed E-state index contributed by atoms with van der Waals surface area (Å²) in [5.74, 6) is -0.211. The van der Waals surface area contributed by atoms with Gasteiger partial charge in [0.25, 0.3) is 5.91 Å².